The third kappa shape index (κ3) is 3.88. The van der Waals surface area contributed by atoms with Gasteiger partial charge in [-0.15, -0.1) is 0 Å². The van der Waals surface area contributed by atoms with Crippen molar-refractivity contribution in [3.63, 3.8) is 0 Å². The molecule has 0 spiro atoms. The third-order valence-electron chi connectivity index (χ3n) is 2.90. The fraction of sp³-hybridized carbons (Fsp3) is 0.250. The lowest BCUT2D eigenvalue weighted by Gasteiger charge is -2.11. The van der Waals surface area contributed by atoms with Crippen molar-refractivity contribution in [2.24, 2.45) is 0 Å². The molecule has 2 aromatic carbocycles. The molecule has 2 rings (SSSR count). The fourth-order valence-corrected chi connectivity index (χ4v) is 2.27. The first-order valence-electron chi connectivity index (χ1n) is 6.34. The van der Waals surface area contributed by atoms with Crippen molar-refractivity contribution in [1.29, 1.82) is 0 Å². The average molecular weight is 322 g/mol. The number of benzene rings is 2. The number of hydrogen-bond donors (Lipinski definition) is 1. The number of hydrogen-bond acceptors (Lipinski definition) is 1. The van der Waals surface area contributed by atoms with Gasteiger partial charge >= 0.3 is 0 Å². The number of rotatable bonds is 4. The second kappa shape index (κ2) is 6.31. The van der Waals surface area contributed by atoms with E-state index < -0.39 is 0 Å². The molecule has 0 saturated carbocycles. The maximum absolute atomic E-state index is 13.8. The van der Waals surface area contributed by atoms with Gasteiger partial charge in [-0.3, -0.25) is 0 Å². The molecule has 0 fully saturated rings. The van der Waals surface area contributed by atoms with Crippen molar-refractivity contribution in [2.45, 2.75) is 26.4 Å². The summed E-state index contributed by atoms with van der Waals surface area (Å²) in [4.78, 5) is 0. The summed E-state index contributed by atoms with van der Waals surface area (Å²) in [5, 5.41) is 3.24. The Bertz CT molecular complexity index is 566. The SMILES string of the molecule is CC(C)NCc1cc(-c2cccc(Br)c2)ccc1F. The van der Waals surface area contributed by atoms with E-state index in [4.69, 9.17) is 0 Å². The molecule has 0 heterocycles. The van der Waals surface area contributed by atoms with Crippen molar-refractivity contribution in [2.75, 3.05) is 0 Å². The molecule has 0 saturated heterocycles. The molecule has 19 heavy (non-hydrogen) atoms. The first-order valence-corrected chi connectivity index (χ1v) is 7.13. The van der Waals surface area contributed by atoms with Crippen molar-refractivity contribution in [3.8, 4) is 11.1 Å². The molecule has 0 unspecified atom stereocenters. The Morgan fingerprint density at radius 1 is 1.11 bits per heavy atom. The van der Waals surface area contributed by atoms with Crippen LogP contribution >= 0.6 is 15.9 Å². The van der Waals surface area contributed by atoms with E-state index in [1.807, 2.05) is 36.4 Å². The largest absolute Gasteiger partial charge is 0.310 e. The number of halogens is 2. The van der Waals surface area contributed by atoms with Gasteiger partial charge in [-0.25, -0.2) is 4.39 Å². The Balaban J connectivity index is 2.30. The highest BCUT2D eigenvalue weighted by atomic mass is 79.9. The summed E-state index contributed by atoms with van der Waals surface area (Å²) in [6.07, 6.45) is 0. The molecule has 0 radical (unpaired) electrons. The van der Waals surface area contributed by atoms with Crippen LogP contribution in [0.15, 0.2) is 46.9 Å². The summed E-state index contributed by atoms with van der Waals surface area (Å²) in [6, 6.07) is 13.6. The minimum atomic E-state index is -0.160. The van der Waals surface area contributed by atoms with Crippen molar-refractivity contribution >= 4 is 15.9 Å². The molecular formula is C16H17BrFN. The molecule has 100 valence electrons. The zero-order chi connectivity index (χ0) is 13.8. The van der Waals surface area contributed by atoms with Crippen LogP contribution in [-0.2, 0) is 6.54 Å². The maximum Gasteiger partial charge on any atom is 0.127 e. The Hall–Kier alpha value is -1.19. The van der Waals surface area contributed by atoms with Crippen LogP contribution in [-0.4, -0.2) is 6.04 Å². The molecule has 0 aliphatic heterocycles. The highest BCUT2D eigenvalue weighted by molar-refractivity contribution is 9.10. The van der Waals surface area contributed by atoms with Gasteiger partial charge in [-0.2, -0.15) is 0 Å². The Morgan fingerprint density at radius 2 is 1.84 bits per heavy atom. The van der Waals surface area contributed by atoms with E-state index in [-0.39, 0.29) is 5.82 Å². The van der Waals surface area contributed by atoms with Crippen LogP contribution in [0.1, 0.15) is 19.4 Å². The highest BCUT2D eigenvalue weighted by Crippen LogP contribution is 2.25. The van der Waals surface area contributed by atoms with E-state index in [0.717, 1.165) is 15.6 Å². The number of nitrogens with one attached hydrogen (secondary N) is 1. The first-order chi connectivity index (χ1) is 9.06. The van der Waals surface area contributed by atoms with E-state index in [1.165, 1.54) is 6.07 Å². The third-order valence-corrected chi connectivity index (χ3v) is 3.40. The second-order valence-electron chi connectivity index (χ2n) is 4.85. The lowest BCUT2D eigenvalue weighted by atomic mass is 10.0. The van der Waals surface area contributed by atoms with Gasteiger partial charge in [0.2, 0.25) is 0 Å². The molecule has 2 aromatic rings. The summed E-state index contributed by atoms with van der Waals surface area (Å²) in [5.74, 6) is -0.160. The quantitative estimate of drug-likeness (QED) is 0.856. The lowest BCUT2D eigenvalue weighted by molar-refractivity contribution is 0.553. The Labute approximate surface area is 122 Å². The van der Waals surface area contributed by atoms with E-state index in [0.29, 0.717) is 18.2 Å². The van der Waals surface area contributed by atoms with Crippen molar-refractivity contribution < 1.29 is 4.39 Å². The summed E-state index contributed by atoms with van der Waals surface area (Å²) in [6.45, 7) is 4.65. The molecule has 0 aromatic heterocycles. The van der Waals surface area contributed by atoms with Gasteiger partial charge in [0, 0.05) is 22.6 Å². The molecule has 1 N–H and O–H groups in total. The smallest absolute Gasteiger partial charge is 0.127 e. The van der Waals surface area contributed by atoms with E-state index in [9.17, 15) is 4.39 Å². The van der Waals surface area contributed by atoms with E-state index >= 15 is 0 Å². The molecule has 0 aliphatic carbocycles. The Morgan fingerprint density at radius 3 is 2.53 bits per heavy atom. The molecule has 1 nitrogen and oxygen atoms in total. The van der Waals surface area contributed by atoms with Gasteiger partial charge < -0.3 is 5.32 Å². The molecule has 3 heteroatoms. The van der Waals surface area contributed by atoms with E-state index in [1.54, 1.807) is 0 Å². The van der Waals surface area contributed by atoms with Crippen molar-refractivity contribution in [3.05, 3.63) is 58.3 Å². The normalized spacial score (nSPS) is 11.0. The molecular weight excluding hydrogens is 305 g/mol. The second-order valence-corrected chi connectivity index (χ2v) is 5.77. The summed E-state index contributed by atoms with van der Waals surface area (Å²) in [5.41, 5.74) is 2.81. The van der Waals surface area contributed by atoms with Gasteiger partial charge in [0.25, 0.3) is 0 Å². The van der Waals surface area contributed by atoms with Crippen LogP contribution in [0, 0.1) is 5.82 Å². The predicted molar refractivity (Wildman–Crippen MR) is 81.5 cm³/mol. The zero-order valence-electron chi connectivity index (χ0n) is 11.1. The van der Waals surface area contributed by atoms with Gasteiger partial charge in [0.05, 0.1) is 0 Å². The topological polar surface area (TPSA) is 12.0 Å². The minimum absolute atomic E-state index is 0.160. The molecule has 0 atom stereocenters. The van der Waals surface area contributed by atoms with Gasteiger partial charge in [-0.1, -0.05) is 48.0 Å². The van der Waals surface area contributed by atoms with Gasteiger partial charge in [0.15, 0.2) is 0 Å². The minimum Gasteiger partial charge on any atom is -0.310 e. The van der Waals surface area contributed by atoms with Crippen LogP contribution in [0.3, 0.4) is 0 Å². The molecule has 0 amide bonds. The molecule has 0 aliphatic rings. The lowest BCUT2D eigenvalue weighted by Crippen LogP contribution is -2.22. The highest BCUT2D eigenvalue weighted by Gasteiger charge is 2.06. The Kier molecular flexibility index (Phi) is 4.72. The average Bonchev–Trinajstić information content (AvgIpc) is 2.37. The predicted octanol–water partition coefficient (Wildman–Crippen LogP) is 4.75. The van der Waals surface area contributed by atoms with Crippen molar-refractivity contribution in [1.82, 2.24) is 5.32 Å². The van der Waals surface area contributed by atoms with Gasteiger partial charge in [-0.05, 0) is 35.4 Å². The summed E-state index contributed by atoms with van der Waals surface area (Å²) >= 11 is 3.46. The standard InChI is InChI=1S/C16H17BrFN/c1-11(2)19-10-14-8-13(6-7-16(14)18)12-4-3-5-15(17)9-12/h3-9,11,19H,10H2,1-2H3. The summed E-state index contributed by atoms with van der Waals surface area (Å²) < 4.78 is 14.8. The van der Waals surface area contributed by atoms with Crippen LogP contribution < -0.4 is 5.32 Å². The maximum atomic E-state index is 13.8. The van der Waals surface area contributed by atoms with Crippen LogP contribution in [0.5, 0.6) is 0 Å². The van der Waals surface area contributed by atoms with Crippen LogP contribution in [0.4, 0.5) is 4.39 Å². The van der Waals surface area contributed by atoms with E-state index in [2.05, 4.69) is 35.1 Å². The monoisotopic (exact) mass is 321 g/mol. The molecule has 0 bridgehead atoms. The fourth-order valence-electron chi connectivity index (χ4n) is 1.87. The first kappa shape index (κ1) is 14.2. The summed E-state index contributed by atoms with van der Waals surface area (Å²) in [7, 11) is 0. The zero-order valence-corrected chi connectivity index (χ0v) is 12.7. The van der Waals surface area contributed by atoms with Crippen LogP contribution in [0.2, 0.25) is 0 Å². The van der Waals surface area contributed by atoms with Gasteiger partial charge in [0.1, 0.15) is 5.82 Å². The van der Waals surface area contributed by atoms with Crippen LogP contribution in [0.25, 0.3) is 11.1 Å².